The fraction of sp³-hybridized carbons (Fsp3) is 0.316. The number of rotatable bonds is 12. The lowest BCUT2D eigenvalue weighted by Gasteiger charge is -2.35. The number of nitrogens with one attached hydrogen (secondary N) is 1. The molecule has 0 spiro atoms. The molecule has 7 nitrogen and oxygen atoms in total. The van der Waals surface area contributed by atoms with Gasteiger partial charge in [0.25, 0.3) is 10.0 Å². The third-order valence-corrected chi connectivity index (χ3v) is 10.9. The molecule has 0 unspecified atom stereocenters. The summed E-state index contributed by atoms with van der Waals surface area (Å²) < 4.78 is 44.8. The van der Waals surface area contributed by atoms with E-state index in [-0.39, 0.29) is 41.1 Å². The van der Waals surface area contributed by atoms with E-state index in [4.69, 9.17) is 11.6 Å². The van der Waals surface area contributed by atoms with E-state index in [2.05, 4.69) is 5.32 Å². The molecule has 10 heteroatoms. The first-order valence-electron chi connectivity index (χ1n) is 16.3. The Balaban J connectivity index is 1.59. The monoisotopic (exact) mass is 689 g/mol. The minimum absolute atomic E-state index is 0.00296. The lowest BCUT2D eigenvalue weighted by molar-refractivity contribution is -0.140. The van der Waals surface area contributed by atoms with Crippen molar-refractivity contribution in [3.8, 4) is 0 Å². The van der Waals surface area contributed by atoms with Crippen molar-refractivity contribution < 1.29 is 22.4 Å². The maximum Gasteiger partial charge on any atom is 0.264 e. The fourth-order valence-electron chi connectivity index (χ4n) is 6.11. The van der Waals surface area contributed by atoms with Gasteiger partial charge >= 0.3 is 0 Å². The second-order valence-corrected chi connectivity index (χ2v) is 14.7. The van der Waals surface area contributed by atoms with Gasteiger partial charge < -0.3 is 10.2 Å². The number of sulfonamides is 1. The molecule has 4 aromatic rings. The van der Waals surface area contributed by atoms with Crippen LogP contribution >= 0.6 is 11.6 Å². The summed E-state index contributed by atoms with van der Waals surface area (Å²) in [6, 6.07) is 25.5. The van der Waals surface area contributed by atoms with E-state index in [1.165, 1.54) is 29.2 Å². The average Bonchev–Trinajstić information content (AvgIpc) is 3.08. The minimum atomic E-state index is -4.29. The van der Waals surface area contributed by atoms with Crippen LogP contribution in [0.2, 0.25) is 5.02 Å². The molecule has 0 saturated heterocycles. The molecule has 252 valence electrons. The third kappa shape index (κ3) is 8.62. The minimum Gasteiger partial charge on any atom is -0.352 e. The number of anilines is 1. The van der Waals surface area contributed by atoms with Crippen molar-refractivity contribution in [1.82, 2.24) is 10.2 Å². The summed E-state index contributed by atoms with van der Waals surface area (Å²) in [4.78, 5) is 30.2. The predicted octanol–water partition coefficient (Wildman–Crippen LogP) is 7.38. The Morgan fingerprint density at radius 3 is 2.25 bits per heavy atom. The Bertz CT molecular complexity index is 1830. The second kappa shape index (κ2) is 15.8. The van der Waals surface area contributed by atoms with Crippen molar-refractivity contribution >= 4 is 39.1 Å². The predicted molar refractivity (Wildman–Crippen MR) is 188 cm³/mol. The van der Waals surface area contributed by atoms with Crippen molar-refractivity contribution in [2.24, 2.45) is 0 Å². The number of benzene rings is 4. The Labute approximate surface area is 287 Å². The van der Waals surface area contributed by atoms with Crippen molar-refractivity contribution in [1.29, 1.82) is 0 Å². The number of amides is 2. The van der Waals surface area contributed by atoms with E-state index in [9.17, 15) is 18.0 Å². The van der Waals surface area contributed by atoms with Crippen molar-refractivity contribution in [3.05, 3.63) is 130 Å². The zero-order valence-corrected chi connectivity index (χ0v) is 28.8. The van der Waals surface area contributed by atoms with Crippen LogP contribution in [0.1, 0.15) is 54.4 Å². The molecule has 1 saturated carbocycles. The van der Waals surface area contributed by atoms with Gasteiger partial charge in [0.2, 0.25) is 11.8 Å². The van der Waals surface area contributed by atoms with Gasteiger partial charge in [0.05, 0.1) is 10.6 Å². The van der Waals surface area contributed by atoms with E-state index in [0.29, 0.717) is 10.6 Å². The summed E-state index contributed by atoms with van der Waals surface area (Å²) in [6.07, 6.45) is 4.92. The number of carbonyl (C=O) groups is 2. The van der Waals surface area contributed by atoms with E-state index in [1.54, 1.807) is 49.4 Å². The van der Waals surface area contributed by atoms with E-state index >= 15 is 4.39 Å². The van der Waals surface area contributed by atoms with E-state index < -0.39 is 34.3 Å². The molecule has 0 aromatic heterocycles. The van der Waals surface area contributed by atoms with Crippen LogP contribution < -0.4 is 9.62 Å². The number of hydrogen-bond acceptors (Lipinski definition) is 4. The van der Waals surface area contributed by atoms with Gasteiger partial charge in [0.15, 0.2) is 0 Å². The van der Waals surface area contributed by atoms with Crippen LogP contribution in [0.5, 0.6) is 0 Å². The molecule has 0 bridgehead atoms. The summed E-state index contributed by atoms with van der Waals surface area (Å²) in [5, 5.41) is 3.46. The summed E-state index contributed by atoms with van der Waals surface area (Å²) >= 11 is 6.37. The molecule has 48 heavy (non-hydrogen) atoms. The maximum atomic E-state index is 15.2. The number of hydrogen-bond donors (Lipinski definition) is 1. The molecule has 1 N–H and O–H groups in total. The SMILES string of the molecule is Cc1ccc(S(=O)(=O)N(CC(=O)N(Cc2ccccc2F)[C@@H](Cc2ccccc2)C(=O)NC2CCCCC2)c2cc(Cl)ccc2C)cc1. The van der Waals surface area contributed by atoms with Gasteiger partial charge in [-0.15, -0.1) is 0 Å². The Morgan fingerprint density at radius 1 is 0.896 bits per heavy atom. The normalized spacial score (nSPS) is 14.2. The van der Waals surface area contributed by atoms with E-state index in [1.807, 2.05) is 37.3 Å². The molecule has 4 aromatic carbocycles. The number of carbonyl (C=O) groups excluding carboxylic acids is 2. The number of aryl methyl sites for hydroxylation is 2. The van der Waals surface area contributed by atoms with Gasteiger partial charge in [-0.1, -0.05) is 103 Å². The lowest BCUT2D eigenvalue weighted by Crippen LogP contribution is -2.55. The molecule has 2 amide bonds. The Morgan fingerprint density at radius 2 is 1.56 bits per heavy atom. The molecule has 0 heterocycles. The lowest BCUT2D eigenvalue weighted by atomic mass is 9.94. The highest BCUT2D eigenvalue weighted by Gasteiger charge is 2.36. The molecular formula is C38H41ClFN3O4S. The Hall–Kier alpha value is -4.21. The van der Waals surface area contributed by atoms with Gasteiger partial charge in [-0.25, -0.2) is 12.8 Å². The summed E-state index contributed by atoms with van der Waals surface area (Å²) in [6.45, 7) is 2.70. The van der Waals surface area contributed by atoms with Crippen LogP contribution in [0.4, 0.5) is 10.1 Å². The first kappa shape index (κ1) is 35.1. The zero-order valence-electron chi connectivity index (χ0n) is 27.2. The van der Waals surface area contributed by atoms with Crippen LogP contribution in [-0.4, -0.2) is 43.8 Å². The molecule has 5 rings (SSSR count). The number of halogens is 2. The van der Waals surface area contributed by atoms with Gasteiger partial charge in [-0.05, 0) is 68.1 Å². The first-order valence-corrected chi connectivity index (χ1v) is 18.1. The van der Waals surface area contributed by atoms with Gasteiger partial charge in [0, 0.05) is 29.6 Å². The van der Waals surface area contributed by atoms with Crippen molar-refractivity contribution in [2.45, 2.75) is 75.9 Å². The quantitative estimate of drug-likeness (QED) is 0.168. The van der Waals surface area contributed by atoms with Gasteiger partial charge in [-0.2, -0.15) is 0 Å². The highest BCUT2D eigenvalue weighted by molar-refractivity contribution is 7.92. The fourth-order valence-corrected chi connectivity index (χ4v) is 7.75. The molecule has 1 fully saturated rings. The van der Waals surface area contributed by atoms with Crippen LogP contribution in [-0.2, 0) is 32.6 Å². The smallest absolute Gasteiger partial charge is 0.264 e. The first-order chi connectivity index (χ1) is 23.0. The second-order valence-electron chi connectivity index (χ2n) is 12.4. The summed E-state index contributed by atoms with van der Waals surface area (Å²) in [5.74, 6) is -1.55. The standard InChI is InChI=1S/C38H41ClFN3O4S/c1-27-17-21-33(22-18-27)48(46,47)43(35-24-31(39)20-19-28(35)2)26-37(44)42(25-30-13-9-10-16-34(30)40)36(23-29-11-5-3-6-12-29)38(45)41-32-14-7-4-8-15-32/h3,5-6,9-13,16-22,24,32,36H,4,7-8,14-15,23,25-26H2,1-2H3,(H,41,45)/t36-/m0/s1. The van der Waals surface area contributed by atoms with Crippen LogP contribution in [0.15, 0.2) is 102 Å². The number of nitrogens with zero attached hydrogens (tertiary/aromatic N) is 2. The molecular weight excluding hydrogens is 649 g/mol. The third-order valence-electron chi connectivity index (χ3n) is 8.85. The van der Waals surface area contributed by atoms with Crippen LogP contribution in [0.25, 0.3) is 0 Å². The van der Waals surface area contributed by atoms with Gasteiger partial charge in [-0.3, -0.25) is 13.9 Å². The summed E-state index contributed by atoms with van der Waals surface area (Å²) in [5.41, 5.74) is 2.70. The van der Waals surface area contributed by atoms with Crippen LogP contribution in [0, 0.1) is 19.7 Å². The highest BCUT2D eigenvalue weighted by atomic mass is 35.5. The molecule has 0 radical (unpaired) electrons. The summed E-state index contributed by atoms with van der Waals surface area (Å²) in [7, 11) is -4.29. The Kier molecular flexibility index (Phi) is 11.5. The maximum absolute atomic E-state index is 15.2. The topological polar surface area (TPSA) is 86.8 Å². The largest absolute Gasteiger partial charge is 0.352 e. The van der Waals surface area contributed by atoms with E-state index in [0.717, 1.165) is 47.5 Å². The molecule has 1 aliphatic carbocycles. The van der Waals surface area contributed by atoms with Crippen molar-refractivity contribution in [3.63, 3.8) is 0 Å². The van der Waals surface area contributed by atoms with Gasteiger partial charge in [0.1, 0.15) is 18.4 Å². The van der Waals surface area contributed by atoms with Crippen molar-refractivity contribution in [2.75, 3.05) is 10.8 Å². The highest BCUT2D eigenvalue weighted by Crippen LogP contribution is 2.30. The molecule has 1 atom stereocenters. The molecule has 0 aliphatic heterocycles. The average molecular weight is 690 g/mol. The van der Waals surface area contributed by atoms with Crippen LogP contribution in [0.3, 0.4) is 0 Å². The molecule has 1 aliphatic rings. The zero-order chi connectivity index (χ0) is 34.3.